The number of aliphatic hydroxyl groups excluding tert-OH is 1. The molecular weight excluding hydrogens is 447 g/mol. The van der Waals surface area contributed by atoms with Gasteiger partial charge in [-0.3, -0.25) is 0 Å². The van der Waals surface area contributed by atoms with Gasteiger partial charge in [-0.15, -0.1) is 22.9 Å². The molecule has 0 aliphatic carbocycles. The lowest BCUT2D eigenvalue weighted by atomic mass is 10.2. The average molecular weight is 466 g/mol. The summed E-state index contributed by atoms with van der Waals surface area (Å²) in [6.45, 7) is 1.70. The fourth-order valence-electron chi connectivity index (χ4n) is 2.87. The van der Waals surface area contributed by atoms with Gasteiger partial charge >= 0.3 is 0 Å². The second-order valence-corrected chi connectivity index (χ2v) is 8.04. The molecule has 0 saturated heterocycles. The van der Waals surface area contributed by atoms with E-state index >= 15 is 0 Å². The summed E-state index contributed by atoms with van der Waals surface area (Å²) in [6.07, 6.45) is 0.801. The first-order chi connectivity index (χ1) is 14.0. The van der Waals surface area contributed by atoms with Gasteiger partial charge in [-0.05, 0) is 43.3 Å². The Morgan fingerprint density at radius 2 is 1.52 bits per heavy atom. The first-order valence-corrected chi connectivity index (χ1v) is 11.1. The molecule has 4 aromatic rings. The molecule has 2 aromatic heterocycles. The molecule has 0 fully saturated rings. The third-order valence-electron chi connectivity index (χ3n) is 4.23. The summed E-state index contributed by atoms with van der Waals surface area (Å²) in [5.41, 5.74) is 3.24. The van der Waals surface area contributed by atoms with Crippen LogP contribution in [0.2, 0.25) is 10.0 Å². The molecule has 0 aliphatic rings. The van der Waals surface area contributed by atoms with Gasteiger partial charge in [0, 0.05) is 21.8 Å². The SMILES string of the molecule is CC(O)c1cc(-c2ccc(-c3ccccc3Cl)s2)n(-c2ccccc2Cl)n1.CCl. The maximum atomic E-state index is 10.0. The second kappa shape index (κ2) is 9.79. The smallest absolute Gasteiger partial charge is 0.0950 e. The predicted molar refractivity (Wildman–Crippen MR) is 125 cm³/mol. The lowest BCUT2D eigenvalue weighted by molar-refractivity contribution is 0.193. The Morgan fingerprint density at radius 3 is 2.17 bits per heavy atom. The molecule has 0 aliphatic heterocycles. The number of thiophene rings is 1. The second-order valence-electron chi connectivity index (χ2n) is 6.14. The van der Waals surface area contributed by atoms with E-state index in [1.54, 1.807) is 22.9 Å². The van der Waals surface area contributed by atoms with Crippen molar-refractivity contribution in [3.05, 3.63) is 82.5 Å². The monoisotopic (exact) mass is 464 g/mol. The molecule has 29 heavy (non-hydrogen) atoms. The van der Waals surface area contributed by atoms with Crippen molar-refractivity contribution < 1.29 is 5.11 Å². The summed E-state index contributed by atoms with van der Waals surface area (Å²) in [4.78, 5) is 2.09. The van der Waals surface area contributed by atoms with Gasteiger partial charge in [-0.1, -0.05) is 53.5 Å². The summed E-state index contributed by atoms with van der Waals surface area (Å²) in [5, 5.41) is 15.9. The topological polar surface area (TPSA) is 38.0 Å². The Kier molecular flexibility index (Phi) is 7.38. The number of rotatable bonds is 4. The lowest BCUT2D eigenvalue weighted by Crippen LogP contribution is -2.01. The molecule has 0 saturated carbocycles. The number of halogens is 3. The van der Waals surface area contributed by atoms with E-state index in [2.05, 4.69) is 16.7 Å². The summed E-state index contributed by atoms with van der Waals surface area (Å²) in [7, 11) is 0. The largest absolute Gasteiger partial charge is 0.387 e. The maximum absolute atomic E-state index is 10.0. The van der Waals surface area contributed by atoms with Crippen LogP contribution in [0.25, 0.3) is 26.7 Å². The molecule has 1 unspecified atom stereocenters. The van der Waals surface area contributed by atoms with Gasteiger partial charge in [-0.2, -0.15) is 5.10 Å². The van der Waals surface area contributed by atoms with Crippen LogP contribution in [0.5, 0.6) is 0 Å². The van der Waals surface area contributed by atoms with Crippen LogP contribution < -0.4 is 0 Å². The zero-order chi connectivity index (χ0) is 21.0. The molecule has 0 spiro atoms. The molecule has 0 radical (unpaired) electrons. The molecule has 150 valence electrons. The zero-order valence-corrected chi connectivity index (χ0v) is 18.9. The first kappa shape index (κ1) is 21.9. The number of para-hydroxylation sites is 1. The zero-order valence-electron chi connectivity index (χ0n) is 15.8. The van der Waals surface area contributed by atoms with Crippen molar-refractivity contribution in [1.82, 2.24) is 9.78 Å². The minimum absolute atomic E-state index is 0.595. The fraction of sp³-hybridized carbons (Fsp3) is 0.136. The van der Waals surface area contributed by atoms with Crippen molar-refractivity contribution in [2.75, 3.05) is 6.38 Å². The van der Waals surface area contributed by atoms with Gasteiger partial charge < -0.3 is 5.11 Å². The van der Waals surface area contributed by atoms with Crippen molar-refractivity contribution >= 4 is 46.1 Å². The highest BCUT2D eigenvalue weighted by Crippen LogP contribution is 2.39. The number of alkyl halides is 1. The average Bonchev–Trinajstić information content (AvgIpc) is 3.37. The molecule has 0 bridgehead atoms. The number of hydrogen-bond donors (Lipinski definition) is 1. The highest BCUT2D eigenvalue weighted by Gasteiger charge is 2.18. The van der Waals surface area contributed by atoms with E-state index in [1.165, 1.54) is 6.38 Å². The Balaban J connectivity index is 0.00000117. The molecule has 1 N–H and O–H groups in total. The van der Waals surface area contributed by atoms with Gasteiger partial charge in [0.05, 0.1) is 33.1 Å². The van der Waals surface area contributed by atoms with Gasteiger partial charge in [-0.25, -0.2) is 4.68 Å². The first-order valence-electron chi connectivity index (χ1n) is 8.80. The van der Waals surface area contributed by atoms with E-state index in [0.717, 1.165) is 31.7 Å². The van der Waals surface area contributed by atoms with Crippen molar-refractivity contribution in [3.8, 4) is 26.7 Å². The van der Waals surface area contributed by atoms with Crippen LogP contribution in [-0.4, -0.2) is 21.3 Å². The molecule has 2 aromatic carbocycles. The molecule has 1 atom stereocenters. The van der Waals surface area contributed by atoms with Crippen molar-refractivity contribution in [2.24, 2.45) is 0 Å². The van der Waals surface area contributed by atoms with Gasteiger partial charge in [0.25, 0.3) is 0 Å². The van der Waals surface area contributed by atoms with Crippen LogP contribution >= 0.6 is 46.1 Å². The Morgan fingerprint density at radius 1 is 0.897 bits per heavy atom. The normalized spacial score (nSPS) is 11.7. The summed E-state index contributed by atoms with van der Waals surface area (Å²) >= 11 is 19.0. The van der Waals surface area contributed by atoms with E-state index in [-0.39, 0.29) is 0 Å². The van der Waals surface area contributed by atoms with Crippen molar-refractivity contribution in [1.29, 1.82) is 0 Å². The fourth-order valence-corrected chi connectivity index (χ4v) is 4.42. The Labute approximate surface area is 189 Å². The van der Waals surface area contributed by atoms with E-state index < -0.39 is 6.10 Å². The minimum Gasteiger partial charge on any atom is -0.387 e. The quantitative estimate of drug-likeness (QED) is 0.317. The predicted octanol–water partition coefficient (Wildman–Crippen LogP) is 7.48. The Bertz CT molecular complexity index is 1100. The van der Waals surface area contributed by atoms with Gasteiger partial charge in [0.2, 0.25) is 0 Å². The van der Waals surface area contributed by atoms with Crippen LogP contribution in [-0.2, 0) is 0 Å². The number of aliphatic hydroxyl groups is 1. The number of benzene rings is 2. The van der Waals surface area contributed by atoms with Crippen LogP contribution in [0.4, 0.5) is 0 Å². The maximum Gasteiger partial charge on any atom is 0.0950 e. The van der Waals surface area contributed by atoms with Crippen LogP contribution in [0, 0.1) is 0 Å². The van der Waals surface area contributed by atoms with Crippen LogP contribution in [0.3, 0.4) is 0 Å². The number of hydrogen-bond acceptors (Lipinski definition) is 3. The third kappa shape index (κ3) is 4.68. The van der Waals surface area contributed by atoms with E-state index in [4.69, 9.17) is 23.2 Å². The third-order valence-corrected chi connectivity index (χ3v) is 6.02. The van der Waals surface area contributed by atoms with E-state index in [9.17, 15) is 5.11 Å². The highest BCUT2D eigenvalue weighted by atomic mass is 35.5. The van der Waals surface area contributed by atoms with E-state index in [0.29, 0.717) is 10.7 Å². The number of nitrogens with zero attached hydrogens (tertiary/aromatic N) is 2. The summed E-state index contributed by atoms with van der Waals surface area (Å²) in [6, 6.07) is 21.3. The molecular formula is C22H19Cl3N2OS. The highest BCUT2D eigenvalue weighted by molar-refractivity contribution is 7.18. The standard InChI is InChI=1S/C21H16Cl2N2OS.CH3Cl/c1-13(26)17-12-19(25(24-17)18-9-5-4-8-16(18)23)21-11-10-20(27-21)14-6-2-3-7-15(14)22;1-2/h2-13,26H,1H3;1H3. The minimum atomic E-state index is -0.671. The Hall–Kier alpha value is -1.82. The molecule has 4 rings (SSSR count). The van der Waals surface area contributed by atoms with Gasteiger partial charge in [0.15, 0.2) is 0 Å². The number of aromatic nitrogens is 2. The molecule has 7 heteroatoms. The molecule has 3 nitrogen and oxygen atoms in total. The summed E-state index contributed by atoms with van der Waals surface area (Å²) in [5.74, 6) is 0. The van der Waals surface area contributed by atoms with E-state index in [1.807, 2.05) is 66.7 Å². The summed E-state index contributed by atoms with van der Waals surface area (Å²) < 4.78 is 1.78. The van der Waals surface area contributed by atoms with Crippen LogP contribution in [0.1, 0.15) is 18.7 Å². The van der Waals surface area contributed by atoms with Crippen molar-refractivity contribution in [3.63, 3.8) is 0 Å². The lowest BCUT2D eigenvalue weighted by Gasteiger charge is -2.08. The molecule has 0 amide bonds. The van der Waals surface area contributed by atoms with Crippen molar-refractivity contribution in [2.45, 2.75) is 13.0 Å². The van der Waals surface area contributed by atoms with Gasteiger partial charge in [0.1, 0.15) is 0 Å². The van der Waals surface area contributed by atoms with Crippen LogP contribution in [0.15, 0.2) is 66.7 Å². The molecule has 2 heterocycles.